The monoisotopic (exact) mass is 286 g/mol. The zero-order valence-electron chi connectivity index (χ0n) is 11.6. The van der Waals surface area contributed by atoms with Crippen LogP contribution in [0.3, 0.4) is 0 Å². The van der Waals surface area contributed by atoms with Crippen LogP contribution in [0.2, 0.25) is 0 Å². The first-order valence-corrected chi connectivity index (χ1v) is 6.63. The normalized spacial score (nSPS) is 45.9. The van der Waals surface area contributed by atoms with Crippen molar-refractivity contribution in [2.24, 2.45) is 0 Å². The fourth-order valence-corrected chi connectivity index (χ4v) is 3.23. The summed E-state index contributed by atoms with van der Waals surface area (Å²) in [6, 6.07) is 0. The van der Waals surface area contributed by atoms with Gasteiger partial charge in [0.1, 0.15) is 18.8 Å². The van der Waals surface area contributed by atoms with Crippen LogP contribution in [0.5, 0.6) is 0 Å². The molecule has 1 N–H and O–H groups in total. The second kappa shape index (κ2) is 4.24. The predicted molar refractivity (Wildman–Crippen MR) is 63.7 cm³/mol. The molecule has 0 amide bonds. The number of Topliss-reactive ketones (excluding diaryl/α,β-unsaturated/α-hetero) is 1. The fraction of sp³-hybridized carbons (Fsp3) is 0.846. The molecule has 112 valence electrons. The Morgan fingerprint density at radius 1 is 1.35 bits per heavy atom. The number of carbonyl (C=O) groups excluding carboxylic acids is 2. The SMILES string of the molecule is CC(=O)O[C@H]1[C@H]2OC(C)(C)O[C@H]2[C@@H]2C[C@@]1(O)C(=O)CO2. The van der Waals surface area contributed by atoms with E-state index in [0.29, 0.717) is 0 Å². The molecular formula is C13H18O7. The van der Waals surface area contributed by atoms with Gasteiger partial charge in [-0.25, -0.2) is 0 Å². The maximum absolute atomic E-state index is 12.0. The van der Waals surface area contributed by atoms with Crippen molar-refractivity contribution in [3.63, 3.8) is 0 Å². The number of hydrogen-bond donors (Lipinski definition) is 1. The molecule has 5 atom stereocenters. The van der Waals surface area contributed by atoms with Crippen LogP contribution in [0.4, 0.5) is 0 Å². The Morgan fingerprint density at radius 2 is 2.00 bits per heavy atom. The average molecular weight is 286 g/mol. The second-order valence-electron chi connectivity index (χ2n) is 6.00. The van der Waals surface area contributed by atoms with Crippen LogP contribution in [-0.4, -0.2) is 59.3 Å². The van der Waals surface area contributed by atoms with Gasteiger partial charge in [-0.2, -0.15) is 0 Å². The molecule has 7 heteroatoms. The average Bonchev–Trinajstić information content (AvgIpc) is 2.65. The maximum atomic E-state index is 12.0. The molecular weight excluding hydrogens is 268 g/mol. The lowest BCUT2D eigenvalue weighted by molar-refractivity contribution is -0.231. The lowest BCUT2D eigenvalue weighted by Gasteiger charge is -2.48. The van der Waals surface area contributed by atoms with Crippen molar-refractivity contribution in [3.05, 3.63) is 0 Å². The van der Waals surface area contributed by atoms with Crippen molar-refractivity contribution in [3.8, 4) is 0 Å². The zero-order valence-corrected chi connectivity index (χ0v) is 11.6. The van der Waals surface area contributed by atoms with Crippen LogP contribution in [0.25, 0.3) is 0 Å². The van der Waals surface area contributed by atoms with E-state index in [9.17, 15) is 14.7 Å². The Kier molecular flexibility index (Phi) is 2.95. The van der Waals surface area contributed by atoms with E-state index >= 15 is 0 Å². The highest BCUT2D eigenvalue weighted by atomic mass is 16.8. The highest BCUT2D eigenvalue weighted by Crippen LogP contribution is 2.45. The summed E-state index contributed by atoms with van der Waals surface area (Å²) in [7, 11) is 0. The highest BCUT2D eigenvalue weighted by molar-refractivity contribution is 5.90. The van der Waals surface area contributed by atoms with E-state index in [1.165, 1.54) is 6.92 Å². The van der Waals surface area contributed by atoms with Gasteiger partial charge in [0.15, 0.2) is 23.3 Å². The van der Waals surface area contributed by atoms with Gasteiger partial charge in [-0.15, -0.1) is 0 Å². The summed E-state index contributed by atoms with van der Waals surface area (Å²) in [6.07, 6.45) is -2.66. The quantitative estimate of drug-likeness (QED) is 0.652. The lowest BCUT2D eigenvalue weighted by Crippen LogP contribution is -2.69. The number of aliphatic hydroxyl groups is 1. The molecule has 3 fully saturated rings. The third kappa shape index (κ3) is 1.96. The van der Waals surface area contributed by atoms with Crippen LogP contribution in [0.15, 0.2) is 0 Å². The molecule has 3 aliphatic rings. The Morgan fingerprint density at radius 3 is 2.65 bits per heavy atom. The van der Waals surface area contributed by atoms with Crippen molar-refractivity contribution in [2.45, 2.75) is 63.0 Å². The Balaban J connectivity index is 1.98. The third-order valence-electron chi connectivity index (χ3n) is 4.02. The van der Waals surface area contributed by atoms with Crippen molar-refractivity contribution in [1.29, 1.82) is 0 Å². The number of rotatable bonds is 1. The van der Waals surface area contributed by atoms with E-state index in [4.69, 9.17) is 18.9 Å². The summed E-state index contributed by atoms with van der Waals surface area (Å²) in [6.45, 7) is 4.47. The first-order chi connectivity index (χ1) is 9.23. The van der Waals surface area contributed by atoms with Crippen LogP contribution in [0, 0.1) is 0 Å². The Bertz CT molecular complexity index is 460. The van der Waals surface area contributed by atoms with Gasteiger partial charge in [0, 0.05) is 13.3 Å². The largest absolute Gasteiger partial charge is 0.456 e. The minimum atomic E-state index is -1.76. The smallest absolute Gasteiger partial charge is 0.303 e. The molecule has 3 rings (SSSR count). The Labute approximate surface area is 116 Å². The fourth-order valence-electron chi connectivity index (χ4n) is 3.23. The van der Waals surface area contributed by atoms with E-state index in [1.54, 1.807) is 13.8 Å². The number of carbonyl (C=O) groups is 2. The molecule has 2 saturated heterocycles. The van der Waals surface area contributed by atoms with Gasteiger partial charge in [0.2, 0.25) is 0 Å². The van der Waals surface area contributed by atoms with Gasteiger partial charge in [0.05, 0.1) is 6.10 Å². The van der Waals surface area contributed by atoms with Gasteiger partial charge < -0.3 is 24.1 Å². The summed E-state index contributed by atoms with van der Waals surface area (Å²) in [5.41, 5.74) is -1.76. The third-order valence-corrected chi connectivity index (χ3v) is 4.02. The maximum Gasteiger partial charge on any atom is 0.303 e. The lowest BCUT2D eigenvalue weighted by atomic mass is 9.73. The first-order valence-electron chi connectivity index (χ1n) is 6.63. The molecule has 1 aliphatic carbocycles. The predicted octanol–water partition coefficient (Wildman–Crippen LogP) is -0.459. The number of esters is 1. The van der Waals surface area contributed by atoms with Gasteiger partial charge in [-0.05, 0) is 13.8 Å². The molecule has 20 heavy (non-hydrogen) atoms. The summed E-state index contributed by atoms with van der Waals surface area (Å²) in [5, 5.41) is 10.7. The van der Waals surface area contributed by atoms with E-state index in [2.05, 4.69) is 0 Å². The van der Waals surface area contributed by atoms with Gasteiger partial charge in [0.25, 0.3) is 0 Å². The second-order valence-corrected chi connectivity index (χ2v) is 6.00. The summed E-state index contributed by atoms with van der Waals surface area (Å²) in [5.74, 6) is -1.95. The van der Waals surface area contributed by atoms with Gasteiger partial charge in [-0.1, -0.05) is 0 Å². The molecule has 2 bridgehead atoms. The topological polar surface area (TPSA) is 91.3 Å². The molecule has 2 aliphatic heterocycles. The van der Waals surface area contributed by atoms with Crippen LogP contribution in [0.1, 0.15) is 27.2 Å². The molecule has 2 heterocycles. The molecule has 0 radical (unpaired) electrons. The number of ketones is 1. The molecule has 0 aromatic rings. The molecule has 0 spiro atoms. The molecule has 0 unspecified atom stereocenters. The number of hydrogen-bond acceptors (Lipinski definition) is 7. The minimum absolute atomic E-state index is 0.0460. The van der Waals surface area contributed by atoms with E-state index in [0.717, 1.165) is 0 Å². The van der Waals surface area contributed by atoms with Crippen molar-refractivity contribution in [1.82, 2.24) is 0 Å². The van der Waals surface area contributed by atoms with E-state index < -0.39 is 47.6 Å². The van der Waals surface area contributed by atoms with Gasteiger partial charge in [-0.3, -0.25) is 9.59 Å². The zero-order chi connectivity index (χ0) is 14.7. The number of fused-ring (bicyclic) bond motifs is 4. The van der Waals surface area contributed by atoms with Crippen molar-refractivity contribution >= 4 is 11.8 Å². The minimum Gasteiger partial charge on any atom is -0.456 e. The van der Waals surface area contributed by atoms with Crippen LogP contribution in [-0.2, 0) is 28.5 Å². The Hall–Kier alpha value is -1.02. The summed E-state index contributed by atoms with van der Waals surface area (Å²) >= 11 is 0. The molecule has 1 saturated carbocycles. The molecule has 7 nitrogen and oxygen atoms in total. The van der Waals surface area contributed by atoms with E-state index in [1.807, 2.05) is 0 Å². The first kappa shape index (κ1) is 13.9. The van der Waals surface area contributed by atoms with Crippen molar-refractivity contribution < 1.29 is 33.6 Å². The molecule has 0 aromatic heterocycles. The van der Waals surface area contributed by atoms with Crippen LogP contribution < -0.4 is 0 Å². The van der Waals surface area contributed by atoms with Gasteiger partial charge >= 0.3 is 5.97 Å². The molecule has 0 aromatic carbocycles. The van der Waals surface area contributed by atoms with Crippen molar-refractivity contribution in [2.75, 3.05) is 6.61 Å². The summed E-state index contributed by atoms with van der Waals surface area (Å²) in [4.78, 5) is 23.3. The summed E-state index contributed by atoms with van der Waals surface area (Å²) < 4.78 is 22.1. The van der Waals surface area contributed by atoms with Crippen LogP contribution >= 0.6 is 0 Å². The standard InChI is InChI=1S/C13H18O7/c1-6(14)18-11-10-9(19-12(2,3)20-10)7-4-13(11,16)8(15)5-17-7/h7,9-11,16H,4-5H2,1-3H3/t7-,9-,10-,11-,13+/m0/s1. The highest BCUT2D eigenvalue weighted by Gasteiger charge is 2.65. The van der Waals surface area contributed by atoms with E-state index in [-0.39, 0.29) is 13.0 Å². The number of ether oxygens (including phenoxy) is 4.